The monoisotopic (exact) mass is 262 g/mol. The molecule has 4 nitrogen and oxygen atoms in total. The Morgan fingerprint density at radius 2 is 2.22 bits per heavy atom. The molecule has 0 aliphatic heterocycles. The molecule has 1 aromatic rings. The van der Waals surface area contributed by atoms with Gasteiger partial charge in [-0.15, -0.1) is 10.2 Å². The Hall–Kier alpha value is -1.11. The molecule has 0 radical (unpaired) electrons. The van der Waals surface area contributed by atoms with Crippen LogP contribution >= 0.6 is 0 Å². The van der Waals surface area contributed by atoms with E-state index in [-0.39, 0.29) is 18.9 Å². The van der Waals surface area contributed by atoms with Crippen molar-refractivity contribution in [1.82, 2.24) is 20.1 Å². The molecule has 1 aliphatic rings. The maximum Gasteiger partial charge on any atom is 0.391 e. The van der Waals surface area contributed by atoms with Crippen LogP contribution in [0.2, 0.25) is 0 Å². The van der Waals surface area contributed by atoms with Gasteiger partial charge in [0.1, 0.15) is 12.2 Å². The van der Waals surface area contributed by atoms with Crippen LogP contribution in [0.1, 0.15) is 31.5 Å². The van der Waals surface area contributed by atoms with Crippen molar-refractivity contribution in [3.63, 3.8) is 0 Å². The third kappa shape index (κ3) is 3.22. The smallest absolute Gasteiger partial charge is 0.320 e. The van der Waals surface area contributed by atoms with Crippen LogP contribution in [0.15, 0.2) is 6.33 Å². The number of halogens is 3. The summed E-state index contributed by atoms with van der Waals surface area (Å²) in [6.45, 7) is 0.464. The molecule has 1 N–H and O–H groups in total. The van der Waals surface area contributed by atoms with Gasteiger partial charge >= 0.3 is 6.18 Å². The van der Waals surface area contributed by atoms with E-state index in [9.17, 15) is 13.2 Å². The highest BCUT2D eigenvalue weighted by molar-refractivity contribution is 4.87. The quantitative estimate of drug-likeness (QED) is 0.906. The zero-order valence-electron chi connectivity index (χ0n) is 10.2. The standard InChI is InChI=1S/C11H17F3N4/c1-18-7-16-17-10(18)6-15-9-4-2-3-8(5-9)11(12,13)14/h7-9,15H,2-6H2,1H3. The number of nitrogens with one attached hydrogen (secondary N) is 1. The van der Waals surface area contributed by atoms with Gasteiger partial charge in [0.25, 0.3) is 0 Å². The summed E-state index contributed by atoms with van der Waals surface area (Å²) in [5.41, 5.74) is 0. The van der Waals surface area contributed by atoms with E-state index >= 15 is 0 Å². The Morgan fingerprint density at radius 3 is 2.83 bits per heavy atom. The largest absolute Gasteiger partial charge is 0.391 e. The first kappa shape index (κ1) is 13.3. The molecule has 2 atom stereocenters. The first-order valence-corrected chi connectivity index (χ1v) is 6.10. The summed E-state index contributed by atoms with van der Waals surface area (Å²) >= 11 is 0. The van der Waals surface area contributed by atoms with Gasteiger partial charge < -0.3 is 9.88 Å². The highest BCUT2D eigenvalue weighted by Crippen LogP contribution is 2.37. The summed E-state index contributed by atoms with van der Waals surface area (Å²) in [5, 5.41) is 10.8. The summed E-state index contributed by atoms with van der Waals surface area (Å²) < 4.78 is 39.7. The van der Waals surface area contributed by atoms with E-state index in [1.165, 1.54) is 0 Å². The van der Waals surface area contributed by atoms with Crippen LogP contribution < -0.4 is 5.32 Å². The number of hydrogen-bond acceptors (Lipinski definition) is 3. The summed E-state index contributed by atoms with van der Waals surface area (Å²) in [7, 11) is 1.82. The molecule has 102 valence electrons. The molecule has 7 heteroatoms. The maximum absolute atomic E-state index is 12.6. The van der Waals surface area contributed by atoms with Crippen molar-refractivity contribution in [2.24, 2.45) is 13.0 Å². The zero-order chi connectivity index (χ0) is 13.2. The molecule has 18 heavy (non-hydrogen) atoms. The fourth-order valence-corrected chi connectivity index (χ4v) is 2.38. The van der Waals surface area contributed by atoms with Crippen molar-refractivity contribution in [3.05, 3.63) is 12.2 Å². The lowest BCUT2D eigenvalue weighted by Crippen LogP contribution is -2.38. The number of nitrogens with zero attached hydrogens (tertiary/aromatic N) is 3. The Morgan fingerprint density at radius 1 is 1.44 bits per heavy atom. The minimum atomic E-state index is -4.06. The van der Waals surface area contributed by atoms with Crippen LogP contribution in [0.25, 0.3) is 0 Å². The highest BCUT2D eigenvalue weighted by atomic mass is 19.4. The van der Waals surface area contributed by atoms with Crippen molar-refractivity contribution < 1.29 is 13.2 Å². The average Bonchev–Trinajstić information content (AvgIpc) is 2.72. The van der Waals surface area contributed by atoms with Gasteiger partial charge in [-0.1, -0.05) is 6.42 Å². The van der Waals surface area contributed by atoms with Gasteiger partial charge in [-0.05, 0) is 19.3 Å². The average molecular weight is 262 g/mol. The van der Waals surface area contributed by atoms with Gasteiger partial charge in [-0.25, -0.2) is 0 Å². The fourth-order valence-electron chi connectivity index (χ4n) is 2.38. The second-order valence-electron chi connectivity index (χ2n) is 4.84. The topological polar surface area (TPSA) is 42.7 Å². The van der Waals surface area contributed by atoms with Crippen LogP contribution in [0.4, 0.5) is 13.2 Å². The third-order valence-electron chi connectivity index (χ3n) is 3.49. The minimum absolute atomic E-state index is 0.0814. The first-order valence-electron chi connectivity index (χ1n) is 6.10. The predicted octanol–water partition coefficient (Wildman–Crippen LogP) is 2.03. The summed E-state index contributed by atoms with van der Waals surface area (Å²) in [6, 6.07) is -0.0814. The van der Waals surface area contributed by atoms with Crippen LogP contribution in [0.3, 0.4) is 0 Å². The molecule has 2 unspecified atom stereocenters. The maximum atomic E-state index is 12.6. The van der Waals surface area contributed by atoms with Gasteiger partial charge in [-0.3, -0.25) is 0 Å². The van der Waals surface area contributed by atoms with Crippen LogP contribution in [0.5, 0.6) is 0 Å². The molecule has 1 aliphatic carbocycles. The fraction of sp³-hybridized carbons (Fsp3) is 0.818. The van der Waals surface area contributed by atoms with E-state index in [1.54, 1.807) is 10.9 Å². The zero-order valence-corrected chi connectivity index (χ0v) is 10.2. The van der Waals surface area contributed by atoms with E-state index in [0.29, 0.717) is 13.0 Å². The molecular formula is C11H17F3N4. The number of aromatic nitrogens is 3. The molecule has 1 fully saturated rings. The lowest BCUT2D eigenvalue weighted by Gasteiger charge is -2.31. The molecule has 0 amide bonds. The van der Waals surface area contributed by atoms with Crippen LogP contribution in [-0.4, -0.2) is 27.0 Å². The Bertz CT molecular complexity index is 388. The summed E-state index contributed by atoms with van der Waals surface area (Å²) in [5.74, 6) is -0.424. The lowest BCUT2D eigenvalue weighted by molar-refractivity contribution is -0.183. The number of aryl methyl sites for hydroxylation is 1. The number of hydrogen-bond donors (Lipinski definition) is 1. The van der Waals surface area contributed by atoms with Crippen molar-refractivity contribution in [2.45, 2.75) is 44.4 Å². The Labute approximate surface area is 104 Å². The van der Waals surface area contributed by atoms with Crippen LogP contribution in [-0.2, 0) is 13.6 Å². The van der Waals surface area contributed by atoms with Gasteiger partial charge in [0.2, 0.25) is 0 Å². The first-order chi connectivity index (χ1) is 8.47. The summed E-state index contributed by atoms with van der Waals surface area (Å²) in [4.78, 5) is 0. The van der Waals surface area contributed by atoms with E-state index < -0.39 is 12.1 Å². The molecule has 0 aromatic carbocycles. The molecule has 1 saturated carbocycles. The van der Waals surface area contributed by atoms with Gasteiger partial charge in [0, 0.05) is 13.1 Å². The van der Waals surface area contributed by atoms with E-state index in [1.807, 2.05) is 7.05 Å². The molecule has 0 bridgehead atoms. The minimum Gasteiger partial charge on any atom is -0.320 e. The molecule has 1 heterocycles. The van der Waals surface area contributed by atoms with Crippen molar-refractivity contribution in [3.8, 4) is 0 Å². The Kier molecular flexibility index (Phi) is 3.89. The van der Waals surface area contributed by atoms with Crippen molar-refractivity contribution in [2.75, 3.05) is 0 Å². The molecule has 0 saturated heterocycles. The molecule has 0 spiro atoms. The van der Waals surface area contributed by atoms with E-state index in [4.69, 9.17) is 0 Å². The SMILES string of the molecule is Cn1cnnc1CNC1CCCC(C(F)(F)F)C1. The second kappa shape index (κ2) is 5.26. The highest BCUT2D eigenvalue weighted by Gasteiger charge is 2.41. The predicted molar refractivity (Wildman–Crippen MR) is 59.6 cm³/mol. The summed E-state index contributed by atoms with van der Waals surface area (Å²) in [6.07, 6.45) is -0.639. The van der Waals surface area contributed by atoms with Gasteiger partial charge in [0.05, 0.1) is 12.5 Å². The number of alkyl halides is 3. The van der Waals surface area contributed by atoms with Crippen molar-refractivity contribution >= 4 is 0 Å². The molecule has 1 aromatic heterocycles. The van der Waals surface area contributed by atoms with Gasteiger partial charge in [-0.2, -0.15) is 13.2 Å². The normalized spacial score (nSPS) is 25.3. The second-order valence-corrected chi connectivity index (χ2v) is 4.84. The van der Waals surface area contributed by atoms with E-state index in [0.717, 1.165) is 12.2 Å². The van der Waals surface area contributed by atoms with E-state index in [2.05, 4.69) is 15.5 Å². The third-order valence-corrected chi connectivity index (χ3v) is 3.49. The van der Waals surface area contributed by atoms with Crippen molar-refractivity contribution in [1.29, 1.82) is 0 Å². The number of rotatable bonds is 3. The molecular weight excluding hydrogens is 245 g/mol. The molecule has 2 rings (SSSR count). The van der Waals surface area contributed by atoms with Gasteiger partial charge in [0.15, 0.2) is 0 Å². The Balaban J connectivity index is 1.85. The lowest BCUT2D eigenvalue weighted by atomic mass is 9.85. The van der Waals surface area contributed by atoms with Crippen LogP contribution in [0, 0.1) is 5.92 Å².